The normalized spacial score (nSPS) is 15.7. The van der Waals surface area contributed by atoms with Crippen LogP contribution >= 0.6 is 35.0 Å². The summed E-state index contributed by atoms with van der Waals surface area (Å²) in [6.45, 7) is 2.55. The molecule has 2 rings (SSSR count). The molecule has 1 aromatic carbocycles. The van der Waals surface area contributed by atoms with Crippen molar-refractivity contribution in [1.29, 1.82) is 0 Å². The molecule has 18 heavy (non-hydrogen) atoms. The Morgan fingerprint density at radius 1 is 1.56 bits per heavy atom. The van der Waals surface area contributed by atoms with E-state index in [0.717, 1.165) is 14.7 Å². The molecule has 1 aliphatic rings. The average Bonchev–Trinajstić information content (AvgIpc) is 3.13. The van der Waals surface area contributed by atoms with Gasteiger partial charge in [0.05, 0.1) is 0 Å². The number of nitrogens with one attached hydrogen (secondary N) is 1. The highest BCUT2D eigenvalue weighted by atomic mass is 127. The molecule has 1 aromatic rings. The third-order valence-electron chi connectivity index (χ3n) is 3.24. The standard InChI is InChI=1S/C13H17IN2O.ClH/c1-8-10(3-2-4-11(8)14)13(17)16-7-12(15)9-5-6-9;/h2-4,9,12H,5-7,15H2,1H3,(H,16,17);1H. The summed E-state index contributed by atoms with van der Waals surface area (Å²) in [5.74, 6) is 0.601. The predicted octanol–water partition coefficient (Wildman–Crippen LogP) is 2.49. The summed E-state index contributed by atoms with van der Waals surface area (Å²) in [7, 11) is 0. The number of nitrogens with two attached hydrogens (primary N) is 1. The highest BCUT2D eigenvalue weighted by Gasteiger charge is 2.28. The zero-order chi connectivity index (χ0) is 12.4. The van der Waals surface area contributed by atoms with Gasteiger partial charge < -0.3 is 11.1 Å². The maximum Gasteiger partial charge on any atom is 0.251 e. The van der Waals surface area contributed by atoms with Crippen LogP contribution in [0.4, 0.5) is 0 Å². The van der Waals surface area contributed by atoms with E-state index in [4.69, 9.17) is 5.73 Å². The molecule has 1 saturated carbocycles. The lowest BCUT2D eigenvalue weighted by molar-refractivity contribution is 0.0949. The fraction of sp³-hybridized carbons (Fsp3) is 0.462. The van der Waals surface area contributed by atoms with Gasteiger partial charge >= 0.3 is 0 Å². The molecule has 0 aliphatic heterocycles. The third-order valence-corrected chi connectivity index (χ3v) is 4.41. The van der Waals surface area contributed by atoms with Gasteiger partial charge in [0.1, 0.15) is 0 Å². The SMILES string of the molecule is Cc1c(I)cccc1C(=O)NCC(N)C1CC1.Cl. The Morgan fingerprint density at radius 2 is 2.22 bits per heavy atom. The van der Waals surface area contributed by atoms with Crippen molar-refractivity contribution < 1.29 is 4.79 Å². The Morgan fingerprint density at radius 3 is 2.83 bits per heavy atom. The summed E-state index contributed by atoms with van der Waals surface area (Å²) >= 11 is 2.24. The van der Waals surface area contributed by atoms with Crippen LogP contribution in [-0.2, 0) is 0 Å². The van der Waals surface area contributed by atoms with Gasteiger partial charge in [-0.2, -0.15) is 0 Å². The zero-order valence-corrected chi connectivity index (χ0v) is 13.3. The first-order chi connectivity index (χ1) is 8.09. The van der Waals surface area contributed by atoms with Crippen molar-refractivity contribution in [3.63, 3.8) is 0 Å². The lowest BCUT2D eigenvalue weighted by Gasteiger charge is -2.13. The van der Waals surface area contributed by atoms with Crippen LogP contribution in [0.15, 0.2) is 18.2 Å². The van der Waals surface area contributed by atoms with E-state index in [-0.39, 0.29) is 24.4 Å². The molecule has 1 aliphatic carbocycles. The average molecular weight is 381 g/mol. The Hall–Kier alpha value is -0.330. The van der Waals surface area contributed by atoms with E-state index in [0.29, 0.717) is 12.5 Å². The molecule has 0 bridgehead atoms. The van der Waals surface area contributed by atoms with Gasteiger partial charge in [0.2, 0.25) is 0 Å². The van der Waals surface area contributed by atoms with Crippen LogP contribution in [0.5, 0.6) is 0 Å². The Balaban J connectivity index is 0.00000162. The van der Waals surface area contributed by atoms with Gasteiger partial charge in [-0.1, -0.05) is 6.07 Å². The number of halogens is 2. The quantitative estimate of drug-likeness (QED) is 0.789. The van der Waals surface area contributed by atoms with Gasteiger partial charge in [0, 0.05) is 21.7 Å². The molecule has 0 radical (unpaired) electrons. The van der Waals surface area contributed by atoms with Gasteiger partial charge in [-0.15, -0.1) is 12.4 Å². The maximum atomic E-state index is 12.0. The van der Waals surface area contributed by atoms with Gasteiger partial charge in [-0.05, 0) is 66.0 Å². The zero-order valence-electron chi connectivity index (χ0n) is 10.3. The van der Waals surface area contributed by atoms with Crippen molar-refractivity contribution in [3.05, 3.63) is 32.9 Å². The Bertz CT molecular complexity index is 435. The second-order valence-electron chi connectivity index (χ2n) is 4.62. The van der Waals surface area contributed by atoms with Gasteiger partial charge in [-0.25, -0.2) is 0 Å². The highest BCUT2D eigenvalue weighted by molar-refractivity contribution is 14.1. The van der Waals surface area contributed by atoms with E-state index >= 15 is 0 Å². The second-order valence-corrected chi connectivity index (χ2v) is 5.79. The van der Waals surface area contributed by atoms with E-state index in [1.807, 2.05) is 25.1 Å². The molecule has 1 amide bonds. The monoisotopic (exact) mass is 380 g/mol. The highest BCUT2D eigenvalue weighted by Crippen LogP contribution is 2.31. The number of carbonyl (C=O) groups excluding carboxylic acids is 1. The predicted molar refractivity (Wildman–Crippen MR) is 84.2 cm³/mol. The second kappa shape index (κ2) is 6.73. The molecule has 3 N–H and O–H groups in total. The lowest BCUT2D eigenvalue weighted by atomic mass is 10.1. The number of hydrogen-bond donors (Lipinski definition) is 2. The minimum atomic E-state index is -0.0166. The molecule has 3 nitrogen and oxygen atoms in total. The summed E-state index contributed by atoms with van der Waals surface area (Å²) in [4.78, 5) is 12.0. The molecule has 1 fully saturated rings. The molecule has 1 unspecified atom stereocenters. The van der Waals surface area contributed by atoms with Crippen molar-refractivity contribution in [3.8, 4) is 0 Å². The third kappa shape index (κ3) is 3.83. The van der Waals surface area contributed by atoms with Crippen LogP contribution in [0.1, 0.15) is 28.8 Å². The molecule has 0 saturated heterocycles. The van der Waals surface area contributed by atoms with Gasteiger partial charge in [0.15, 0.2) is 0 Å². The number of amides is 1. The van der Waals surface area contributed by atoms with Gasteiger partial charge in [0.25, 0.3) is 5.91 Å². The van der Waals surface area contributed by atoms with Crippen LogP contribution < -0.4 is 11.1 Å². The van der Waals surface area contributed by atoms with Crippen molar-refractivity contribution >= 4 is 40.9 Å². The van der Waals surface area contributed by atoms with Crippen LogP contribution in [0, 0.1) is 16.4 Å². The van der Waals surface area contributed by atoms with E-state index < -0.39 is 0 Å². The summed E-state index contributed by atoms with van der Waals surface area (Å²) < 4.78 is 1.11. The first-order valence-corrected chi connectivity index (χ1v) is 6.96. The van der Waals surface area contributed by atoms with Crippen molar-refractivity contribution in [1.82, 2.24) is 5.32 Å². The number of carbonyl (C=O) groups is 1. The smallest absolute Gasteiger partial charge is 0.251 e. The Kier molecular flexibility index (Phi) is 5.88. The van der Waals surface area contributed by atoms with Crippen LogP contribution in [0.3, 0.4) is 0 Å². The largest absolute Gasteiger partial charge is 0.350 e. The first-order valence-electron chi connectivity index (χ1n) is 5.88. The maximum absolute atomic E-state index is 12.0. The molecule has 0 aromatic heterocycles. The molecular weight excluding hydrogens is 363 g/mol. The van der Waals surface area contributed by atoms with Crippen molar-refractivity contribution in [2.45, 2.75) is 25.8 Å². The van der Waals surface area contributed by atoms with Crippen molar-refractivity contribution in [2.75, 3.05) is 6.54 Å². The summed E-state index contributed by atoms with van der Waals surface area (Å²) in [5.41, 5.74) is 7.74. The molecule has 5 heteroatoms. The summed E-state index contributed by atoms with van der Waals surface area (Å²) in [6.07, 6.45) is 2.42. The van der Waals surface area contributed by atoms with E-state index in [9.17, 15) is 4.79 Å². The van der Waals surface area contributed by atoms with E-state index in [2.05, 4.69) is 27.9 Å². The van der Waals surface area contributed by atoms with Crippen LogP contribution in [-0.4, -0.2) is 18.5 Å². The van der Waals surface area contributed by atoms with E-state index in [1.165, 1.54) is 12.8 Å². The fourth-order valence-corrected chi connectivity index (χ4v) is 2.35. The summed E-state index contributed by atoms with van der Waals surface area (Å²) in [6, 6.07) is 5.88. The van der Waals surface area contributed by atoms with Crippen LogP contribution in [0.2, 0.25) is 0 Å². The van der Waals surface area contributed by atoms with E-state index in [1.54, 1.807) is 0 Å². The molecule has 0 spiro atoms. The molecule has 100 valence electrons. The number of hydrogen-bond acceptors (Lipinski definition) is 2. The first kappa shape index (κ1) is 15.7. The van der Waals surface area contributed by atoms with Gasteiger partial charge in [-0.3, -0.25) is 4.79 Å². The minimum absolute atomic E-state index is 0. The number of rotatable bonds is 4. The summed E-state index contributed by atoms with van der Waals surface area (Å²) in [5, 5.41) is 2.92. The Labute approximate surface area is 127 Å². The van der Waals surface area contributed by atoms with Crippen molar-refractivity contribution in [2.24, 2.45) is 11.7 Å². The lowest BCUT2D eigenvalue weighted by Crippen LogP contribution is -2.38. The minimum Gasteiger partial charge on any atom is -0.350 e. The molecule has 1 atom stereocenters. The van der Waals surface area contributed by atoms with Crippen LogP contribution in [0.25, 0.3) is 0 Å². The number of benzene rings is 1. The molecule has 0 heterocycles. The fourth-order valence-electron chi connectivity index (χ4n) is 1.85. The topological polar surface area (TPSA) is 55.1 Å². The molecular formula is C13H18ClIN2O.